The average molecular weight is 715 g/mol. The van der Waals surface area contributed by atoms with Crippen LogP contribution in [0.15, 0.2) is 24.3 Å². The molecule has 0 radical (unpaired) electrons. The number of benzene rings is 1. The second-order valence-electron chi connectivity index (χ2n) is 17.5. The van der Waals surface area contributed by atoms with E-state index < -0.39 is 0 Å². The van der Waals surface area contributed by atoms with Crippen LogP contribution in [0.25, 0.3) is 0 Å². The molecule has 0 amide bonds. The molecule has 0 heterocycles. The van der Waals surface area contributed by atoms with Crippen molar-refractivity contribution < 1.29 is 42.9 Å². The van der Waals surface area contributed by atoms with Crippen LogP contribution in [0.1, 0.15) is 131 Å². The van der Waals surface area contributed by atoms with E-state index in [1.807, 2.05) is 0 Å². The molecule has 0 aliphatic heterocycles. The maximum absolute atomic E-state index is 2.53. The molecular formula is C38H70Br2N2. The highest BCUT2D eigenvalue weighted by Gasteiger charge is 2.39. The number of nitrogens with zero attached hydrogens (tertiary/aromatic N) is 2. The molecule has 6 atom stereocenters. The molecule has 6 unspecified atom stereocenters. The number of hydrogen-bond donors (Lipinski definition) is 0. The first-order valence-electron chi connectivity index (χ1n) is 17.2. The lowest BCUT2D eigenvalue weighted by molar-refractivity contribution is -0.926. The van der Waals surface area contributed by atoms with E-state index in [4.69, 9.17) is 0 Å². The van der Waals surface area contributed by atoms with Gasteiger partial charge in [-0.25, -0.2) is 0 Å². The van der Waals surface area contributed by atoms with Gasteiger partial charge in [-0.3, -0.25) is 0 Å². The normalized spacial score (nSPS) is 27.3. The van der Waals surface area contributed by atoms with Crippen LogP contribution in [0.5, 0.6) is 0 Å². The predicted octanol–water partition coefficient (Wildman–Crippen LogP) is 4.11. The standard InChI is InChI=1S/C38H70N2.2BrH/c1-29-15-13-25-37(5,6)35(29)23-17-31(3)39(9,10)27-33-19-21-34(22-20-33)28-40(11,12)32(4)18-24-36-30(2)16-14-26-38(36,7)8;;/h19-22,29-32,35-36H,13-18,23-28H2,1-12H3;2*1H/q+2;;/p-2. The molecule has 42 heavy (non-hydrogen) atoms. The molecule has 0 saturated heterocycles. The lowest BCUT2D eigenvalue weighted by Crippen LogP contribution is -3.00. The van der Waals surface area contributed by atoms with Crippen LogP contribution in [-0.2, 0) is 13.1 Å². The van der Waals surface area contributed by atoms with E-state index in [1.54, 1.807) is 0 Å². The minimum atomic E-state index is 0. The Bertz CT molecular complexity index is 845. The monoisotopic (exact) mass is 712 g/mol. The van der Waals surface area contributed by atoms with Crippen molar-refractivity contribution in [2.45, 2.75) is 145 Å². The topological polar surface area (TPSA) is 0 Å². The van der Waals surface area contributed by atoms with Gasteiger partial charge in [0.1, 0.15) is 13.1 Å². The van der Waals surface area contributed by atoms with E-state index >= 15 is 0 Å². The van der Waals surface area contributed by atoms with Crippen molar-refractivity contribution in [3.63, 3.8) is 0 Å². The second kappa shape index (κ2) is 16.1. The smallest absolute Gasteiger partial charge is 0.104 e. The van der Waals surface area contributed by atoms with E-state index in [-0.39, 0.29) is 34.0 Å². The van der Waals surface area contributed by atoms with Crippen LogP contribution < -0.4 is 34.0 Å². The summed E-state index contributed by atoms with van der Waals surface area (Å²) in [6, 6.07) is 11.0. The summed E-state index contributed by atoms with van der Waals surface area (Å²) in [6.45, 7) is 22.3. The number of hydrogen-bond acceptors (Lipinski definition) is 0. The summed E-state index contributed by atoms with van der Waals surface area (Å²) < 4.78 is 2.16. The zero-order chi connectivity index (χ0) is 29.9. The van der Waals surface area contributed by atoms with Crippen LogP contribution in [0.3, 0.4) is 0 Å². The molecule has 2 saturated carbocycles. The second-order valence-corrected chi connectivity index (χ2v) is 17.5. The molecule has 246 valence electrons. The van der Waals surface area contributed by atoms with Gasteiger partial charge >= 0.3 is 0 Å². The first-order valence-corrected chi connectivity index (χ1v) is 17.2. The van der Waals surface area contributed by atoms with Gasteiger partial charge in [0.05, 0.1) is 40.3 Å². The zero-order valence-corrected chi connectivity index (χ0v) is 33.1. The first-order chi connectivity index (χ1) is 18.4. The van der Waals surface area contributed by atoms with Crippen molar-refractivity contribution in [2.24, 2.45) is 34.5 Å². The molecule has 0 N–H and O–H groups in total. The number of rotatable bonds is 12. The Morgan fingerprint density at radius 3 is 1.24 bits per heavy atom. The van der Waals surface area contributed by atoms with Crippen LogP contribution in [-0.4, -0.2) is 49.2 Å². The molecule has 0 aromatic heterocycles. The summed E-state index contributed by atoms with van der Waals surface area (Å²) in [5.41, 5.74) is 4.00. The van der Waals surface area contributed by atoms with Crippen molar-refractivity contribution in [2.75, 3.05) is 28.2 Å². The fourth-order valence-electron chi connectivity index (χ4n) is 8.97. The highest BCUT2D eigenvalue weighted by molar-refractivity contribution is 5.21. The van der Waals surface area contributed by atoms with E-state index in [2.05, 4.69) is 108 Å². The quantitative estimate of drug-likeness (QED) is 0.287. The molecule has 2 aliphatic carbocycles. The molecule has 0 spiro atoms. The van der Waals surface area contributed by atoms with Gasteiger partial charge in [0, 0.05) is 11.1 Å². The zero-order valence-electron chi connectivity index (χ0n) is 29.9. The van der Waals surface area contributed by atoms with Crippen LogP contribution >= 0.6 is 0 Å². The fraction of sp³-hybridized carbons (Fsp3) is 0.842. The lowest BCUT2D eigenvalue weighted by atomic mass is 9.62. The Kier molecular flexibility index (Phi) is 15.4. The maximum atomic E-state index is 2.53. The Morgan fingerprint density at radius 1 is 0.643 bits per heavy atom. The third-order valence-corrected chi connectivity index (χ3v) is 12.7. The van der Waals surface area contributed by atoms with Gasteiger partial charge in [-0.2, -0.15) is 0 Å². The van der Waals surface area contributed by atoms with Gasteiger partial charge in [0.25, 0.3) is 0 Å². The SMILES string of the molecule is CC1CCCC(C)(C)C1CCC(C)[N+](C)(C)Cc1ccc(C[N+](C)(C)C(C)CCC2C(C)CCCC2(C)C)cc1.[Br-].[Br-]. The largest absolute Gasteiger partial charge is 1.00 e. The summed E-state index contributed by atoms with van der Waals surface area (Å²) >= 11 is 0. The van der Waals surface area contributed by atoms with Crippen molar-refractivity contribution in [3.8, 4) is 0 Å². The van der Waals surface area contributed by atoms with Gasteiger partial charge in [-0.05, 0) is 86.9 Å². The Hall–Kier alpha value is 0.1000. The summed E-state index contributed by atoms with van der Waals surface area (Å²) in [5, 5.41) is 0. The van der Waals surface area contributed by atoms with E-state index in [0.717, 1.165) is 45.7 Å². The van der Waals surface area contributed by atoms with Gasteiger partial charge in [0.15, 0.2) is 0 Å². The van der Waals surface area contributed by atoms with Gasteiger partial charge < -0.3 is 42.9 Å². The molecule has 4 heteroatoms. The molecule has 2 fully saturated rings. The van der Waals surface area contributed by atoms with Crippen molar-refractivity contribution in [3.05, 3.63) is 35.4 Å². The highest BCUT2D eigenvalue weighted by Crippen LogP contribution is 2.47. The molecule has 0 bridgehead atoms. The highest BCUT2D eigenvalue weighted by atomic mass is 79.9. The number of halogens is 2. The summed E-state index contributed by atoms with van der Waals surface area (Å²) in [5.74, 6) is 3.52. The summed E-state index contributed by atoms with van der Waals surface area (Å²) in [6.07, 6.45) is 14.0. The van der Waals surface area contributed by atoms with Crippen LogP contribution in [0.2, 0.25) is 0 Å². The van der Waals surface area contributed by atoms with E-state index in [9.17, 15) is 0 Å². The summed E-state index contributed by atoms with van der Waals surface area (Å²) in [7, 11) is 9.79. The van der Waals surface area contributed by atoms with Crippen LogP contribution in [0.4, 0.5) is 0 Å². The van der Waals surface area contributed by atoms with Crippen molar-refractivity contribution in [1.29, 1.82) is 0 Å². The summed E-state index contributed by atoms with van der Waals surface area (Å²) in [4.78, 5) is 0. The van der Waals surface area contributed by atoms with Crippen LogP contribution in [0, 0.1) is 34.5 Å². The Balaban J connectivity index is 0.00000441. The fourth-order valence-corrected chi connectivity index (χ4v) is 8.97. The molecule has 3 rings (SSSR count). The molecular weight excluding hydrogens is 644 g/mol. The third kappa shape index (κ3) is 10.6. The molecule has 1 aromatic rings. The van der Waals surface area contributed by atoms with Gasteiger partial charge in [-0.1, -0.05) is 91.5 Å². The van der Waals surface area contributed by atoms with E-state index in [1.165, 1.54) is 75.3 Å². The lowest BCUT2D eigenvalue weighted by Gasteiger charge is -2.44. The van der Waals surface area contributed by atoms with Crippen molar-refractivity contribution >= 4 is 0 Å². The van der Waals surface area contributed by atoms with Crippen molar-refractivity contribution in [1.82, 2.24) is 0 Å². The first kappa shape index (κ1) is 40.1. The Morgan fingerprint density at radius 2 is 0.952 bits per heavy atom. The molecule has 2 aliphatic rings. The molecule has 1 aromatic carbocycles. The van der Waals surface area contributed by atoms with E-state index in [0.29, 0.717) is 22.9 Å². The minimum absolute atomic E-state index is 0. The Labute approximate surface area is 284 Å². The molecule has 2 nitrogen and oxygen atoms in total. The number of quaternary nitrogens is 2. The maximum Gasteiger partial charge on any atom is 0.104 e. The third-order valence-electron chi connectivity index (χ3n) is 12.7. The van der Waals surface area contributed by atoms with Gasteiger partial charge in [0.2, 0.25) is 0 Å². The predicted molar refractivity (Wildman–Crippen MR) is 176 cm³/mol. The average Bonchev–Trinajstić information content (AvgIpc) is 2.83. The minimum Gasteiger partial charge on any atom is -1.00 e. The van der Waals surface area contributed by atoms with Gasteiger partial charge in [-0.15, -0.1) is 0 Å².